The van der Waals surface area contributed by atoms with Crippen LogP contribution in [-0.2, 0) is 9.59 Å². The van der Waals surface area contributed by atoms with Gasteiger partial charge < -0.3 is 19.3 Å². The molecule has 1 amide bonds. The van der Waals surface area contributed by atoms with Gasteiger partial charge in [-0.1, -0.05) is 0 Å². The molecule has 0 saturated carbocycles. The van der Waals surface area contributed by atoms with Gasteiger partial charge in [0.1, 0.15) is 17.6 Å². The van der Waals surface area contributed by atoms with Crippen LogP contribution in [0.2, 0.25) is 0 Å². The Labute approximate surface area is 201 Å². The van der Waals surface area contributed by atoms with E-state index >= 15 is 0 Å². The molecule has 2 aromatic carbocycles. The van der Waals surface area contributed by atoms with Crippen molar-refractivity contribution in [2.45, 2.75) is 19.9 Å². The monoisotopic (exact) mass is 479 g/mol. The van der Waals surface area contributed by atoms with Crippen molar-refractivity contribution in [3.63, 3.8) is 0 Å². The number of benzene rings is 2. The molecule has 7 nitrogen and oxygen atoms in total. The maximum absolute atomic E-state index is 13.3. The lowest BCUT2D eigenvalue weighted by atomic mass is 9.97. The number of carbonyl (C=O) groups excluding carboxylic acids is 2. The van der Waals surface area contributed by atoms with Crippen LogP contribution in [0.25, 0.3) is 5.76 Å². The molecule has 176 valence electrons. The Morgan fingerprint density at radius 3 is 2.15 bits per heavy atom. The minimum atomic E-state index is -0.791. The second-order valence-corrected chi connectivity index (χ2v) is 8.81. The molecule has 1 atom stereocenters. The quantitative estimate of drug-likeness (QED) is 0.304. The fourth-order valence-corrected chi connectivity index (χ4v) is 5.19. The zero-order chi connectivity index (χ0) is 24.6. The lowest BCUT2D eigenvalue weighted by Crippen LogP contribution is -2.29. The molecule has 0 spiro atoms. The van der Waals surface area contributed by atoms with Crippen molar-refractivity contribution in [1.29, 1.82) is 0 Å². The fourth-order valence-electron chi connectivity index (χ4n) is 4.17. The van der Waals surface area contributed by atoms with Gasteiger partial charge in [-0.15, -0.1) is 11.3 Å². The van der Waals surface area contributed by atoms with Crippen LogP contribution in [0.1, 0.15) is 27.6 Å². The highest BCUT2D eigenvalue weighted by Crippen LogP contribution is 2.46. The summed E-state index contributed by atoms with van der Waals surface area (Å²) >= 11 is 1.43. The first kappa shape index (κ1) is 23.4. The number of carbonyl (C=O) groups is 2. The third-order valence-electron chi connectivity index (χ3n) is 5.91. The van der Waals surface area contributed by atoms with E-state index in [0.29, 0.717) is 28.5 Å². The Morgan fingerprint density at radius 2 is 1.56 bits per heavy atom. The van der Waals surface area contributed by atoms with E-state index in [0.717, 1.165) is 16.0 Å². The molecule has 8 heteroatoms. The van der Waals surface area contributed by atoms with Crippen LogP contribution in [-0.4, -0.2) is 38.1 Å². The number of hydrogen-bond acceptors (Lipinski definition) is 7. The number of anilines is 1. The zero-order valence-corrected chi connectivity index (χ0v) is 20.4. The molecule has 0 radical (unpaired) electrons. The van der Waals surface area contributed by atoms with Gasteiger partial charge in [0.05, 0.1) is 26.9 Å². The molecule has 0 aliphatic carbocycles. The number of rotatable bonds is 6. The third-order valence-corrected chi connectivity index (χ3v) is 6.98. The Morgan fingerprint density at radius 1 is 0.882 bits per heavy atom. The summed E-state index contributed by atoms with van der Waals surface area (Å²) in [6.07, 6.45) is 0. The number of aliphatic hydroxyl groups is 1. The highest BCUT2D eigenvalue weighted by molar-refractivity contribution is 7.10. The molecule has 1 N–H and O–H groups in total. The molecule has 1 unspecified atom stereocenters. The van der Waals surface area contributed by atoms with Gasteiger partial charge in [0.25, 0.3) is 11.7 Å². The van der Waals surface area contributed by atoms with Gasteiger partial charge in [-0.25, -0.2) is 0 Å². The summed E-state index contributed by atoms with van der Waals surface area (Å²) in [7, 11) is 4.59. The molecule has 2 heterocycles. The van der Waals surface area contributed by atoms with Crippen molar-refractivity contribution in [1.82, 2.24) is 0 Å². The second kappa shape index (κ2) is 9.23. The lowest BCUT2D eigenvalue weighted by Gasteiger charge is -2.25. The lowest BCUT2D eigenvalue weighted by molar-refractivity contribution is -0.132. The van der Waals surface area contributed by atoms with E-state index in [1.807, 2.05) is 25.3 Å². The van der Waals surface area contributed by atoms with Gasteiger partial charge in [-0.3, -0.25) is 14.5 Å². The topological polar surface area (TPSA) is 85.3 Å². The van der Waals surface area contributed by atoms with E-state index in [9.17, 15) is 14.7 Å². The maximum Gasteiger partial charge on any atom is 0.300 e. The zero-order valence-electron chi connectivity index (χ0n) is 19.5. The van der Waals surface area contributed by atoms with Gasteiger partial charge in [-0.2, -0.15) is 0 Å². The third kappa shape index (κ3) is 3.80. The van der Waals surface area contributed by atoms with Crippen molar-refractivity contribution in [2.75, 3.05) is 26.2 Å². The van der Waals surface area contributed by atoms with Gasteiger partial charge in [0.15, 0.2) is 11.5 Å². The molecule has 4 rings (SSSR count). The van der Waals surface area contributed by atoms with Gasteiger partial charge in [0, 0.05) is 22.2 Å². The first-order valence-corrected chi connectivity index (χ1v) is 11.4. The Kier molecular flexibility index (Phi) is 6.34. The number of hydrogen-bond donors (Lipinski definition) is 1. The summed E-state index contributed by atoms with van der Waals surface area (Å²) in [6.45, 7) is 3.76. The van der Waals surface area contributed by atoms with E-state index in [2.05, 4.69) is 0 Å². The minimum Gasteiger partial charge on any atom is -0.507 e. The van der Waals surface area contributed by atoms with Crippen LogP contribution < -0.4 is 19.1 Å². The normalized spacial score (nSPS) is 17.2. The molecule has 0 bridgehead atoms. The number of methoxy groups -OCH3 is 3. The summed E-state index contributed by atoms with van der Waals surface area (Å²) in [5.74, 6) is -0.122. The second-order valence-electron chi connectivity index (χ2n) is 7.86. The van der Waals surface area contributed by atoms with Gasteiger partial charge in [-0.05, 0) is 66.8 Å². The van der Waals surface area contributed by atoms with Gasteiger partial charge >= 0.3 is 0 Å². The summed E-state index contributed by atoms with van der Waals surface area (Å²) < 4.78 is 16.0. The molecule has 3 aromatic rings. The van der Waals surface area contributed by atoms with Crippen molar-refractivity contribution in [2.24, 2.45) is 0 Å². The number of ketones is 1. The smallest absolute Gasteiger partial charge is 0.300 e. The number of nitrogens with zero attached hydrogens (tertiary/aromatic N) is 1. The van der Waals surface area contributed by atoms with Crippen LogP contribution in [0.5, 0.6) is 17.2 Å². The van der Waals surface area contributed by atoms with Crippen molar-refractivity contribution in [3.05, 3.63) is 75.0 Å². The maximum atomic E-state index is 13.3. The molecular weight excluding hydrogens is 454 g/mol. The number of amides is 1. The largest absolute Gasteiger partial charge is 0.507 e. The minimum absolute atomic E-state index is 0.0369. The van der Waals surface area contributed by atoms with Crippen LogP contribution >= 0.6 is 11.3 Å². The number of Topliss-reactive ketones (excluding diaryl/α,β-unsaturated/α-hetero) is 1. The number of aryl methyl sites for hydroxylation is 2. The summed E-state index contributed by atoms with van der Waals surface area (Å²) in [5, 5.41) is 13.2. The van der Waals surface area contributed by atoms with Crippen LogP contribution in [0.4, 0.5) is 5.69 Å². The first-order chi connectivity index (χ1) is 16.3. The SMILES string of the molecule is COc1ccc(/C(O)=C2/C(=O)C(=O)N(c3ccc(OC)c(OC)c3)C2c2sccc2C)cc1C. The van der Waals surface area contributed by atoms with E-state index < -0.39 is 17.7 Å². The predicted octanol–water partition coefficient (Wildman–Crippen LogP) is 5.02. The highest BCUT2D eigenvalue weighted by Gasteiger charge is 2.48. The molecule has 1 saturated heterocycles. The van der Waals surface area contributed by atoms with Crippen molar-refractivity contribution in [3.8, 4) is 17.2 Å². The van der Waals surface area contributed by atoms with E-state index in [-0.39, 0.29) is 11.3 Å². The average molecular weight is 480 g/mol. The van der Waals surface area contributed by atoms with E-state index in [1.165, 1.54) is 30.5 Å². The fraction of sp³-hybridized carbons (Fsp3) is 0.231. The molecular formula is C26H25NO6S. The predicted molar refractivity (Wildman–Crippen MR) is 131 cm³/mol. The number of aliphatic hydroxyl groups excluding tert-OH is 1. The summed E-state index contributed by atoms with van der Waals surface area (Å²) in [6, 6.07) is 11.3. The van der Waals surface area contributed by atoms with Crippen molar-refractivity contribution >= 4 is 34.5 Å². The van der Waals surface area contributed by atoms with Gasteiger partial charge in [0.2, 0.25) is 0 Å². The molecule has 34 heavy (non-hydrogen) atoms. The molecule has 1 aliphatic heterocycles. The van der Waals surface area contributed by atoms with Crippen LogP contribution in [0.3, 0.4) is 0 Å². The summed E-state index contributed by atoms with van der Waals surface area (Å²) in [4.78, 5) is 28.9. The summed E-state index contributed by atoms with van der Waals surface area (Å²) in [5.41, 5.74) is 2.64. The average Bonchev–Trinajstić information content (AvgIpc) is 3.38. The van der Waals surface area contributed by atoms with Crippen molar-refractivity contribution < 1.29 is 28.9 Å². The Balaban J connectivity index is 1.94. The molecule has 1 aliphatic rings. The number of ether oxygens (including phenoxy) is 3. The van der Waals surface area contributed by atoms with E-state index in [1.54, 1.807) is 43.5 Å². The van der Waals surface area contributed by atoms with E-state index in [4.69, 9.17) is 14.2 Å². The first-order valence-electron chi connectivity index (χ1n) is 10.5. The highest BCUT2D eigenvalue weighted by atomic mass is 32.1. The standard InChI is InChI=1S/C26H25NO6S/c1-14-10-11-34-25(14)22-21(23(28)16-6-8-18(31-3)15(2)12-16)24(29)26(30)27(22)17-7-9-19(32-4)20(13-17)33-5/h6-13,22,28H,1-5H3/b23-21-. The Bertz CT molecular complexity index is 1310. The molecule has 1 fully saturated rings. The number of thiophene rings is 1. The Hall–Kier alpha value is -3.78. The van der Waals surface area contributed by atoms with Crippen LogP contribution in [0, 0.1) is 13.8 Å². The molecule has 1 aromatic heterocycles. The van der Waals surface area contributed by atoms with Crippen LogP contribution in [0.15, 0.2) is 53.4 Å².